The van der Waals surface area contributed by atoms with Gasteiger partial charge in [0.2, 0.25) is 5.91 Å². The Bertz CT molecular complexity index is 1020. The lowest BCUT2D eigenvalue weighted by Crippen LogP contribution is -2.22. The topological polar surface area (TPSA) is 72.3 Å². The molecule has 0 aliphatic carbocycles. The van der Waals surface area contributed by atoms with Crippen molar-refractivity contribution in [3.05, 3.63) is 54.6 Å². The summed E-state index contributed by atoms with van der Waals surface area (Å²) in [7, 11) is 1.61. The molecule has 0 atom stereocenters. The van der Waals surface area contributed by atoms with Gasteiger partial charge in [-0.2, -0.15) is 0 Å². The third kappa shape index (κ3) is 4.40. The van der Waals surface area contributed by atoms with E-state index in [-0.39, 0.29) is 17.3 Å². The van der Waals surface area contributed by atoms with E-state index in [0.717, 1.165) is 43.1 Å². The van der Waals surface area contributed by atoms with Crippen LogP contribution in [0.2, 0.25) is 0 Å². The fourth-order valence-corrected chi connectivity index (χ4v) is 4.14. The number of benzene rings is 2. The number of ether oxygens (including phenoxy) is 1. The molecule has 0 radical (unpaired) electrons. The van der Waals surface area contributed by atoms with Gasteiger partial charge in [0.05, 0.1) is 18.6 Å². The number of carbonyl (C=O) groups excluding carboxylic acids is 1. The highest BCUT2D eigenvalue weighted by Gasteiger charge is 2.20. The van der Waals surface area contributed by atoms with E-state index < -0.39 is 5.82 Å². The maximum absolute atomic E-state index is 14.4. The molecule has 1 N–H and O–H groups in total. The van der Waals surface area contributed by atoms with Crippen LogP contribution in [-0.4, -0.2) is 46.6 Å². The van der Waals surface area contributed by atoms with Crippen LogP contribution in [0.5, 0.6) is 5.75 Å². The van der Waals surface area contributed by atoms with Crippen LogP contribution in [-0.2, 0) is 4.79 Å². The summed E-state index contributed by atoms with van der Waals surface area (Å²) in [5.74, 6) is 0.107. The van der Waals surface area contributed by atoms with Gasteiger partial charge in [-0.05, 0) is 49.2 Å². The summed E-state index contributed by atoms with van der Waals surface area (Å²) in [6.45, 7) is 1.73. The SMILES string of the molecule is COc1ccc(-n2cnnc2SCC(=O)Nc2c(F)cccc2N2CCCC2)cc1. The molecule has 7 nitrogen and oxygen atoms in total. The Labute approximate surface area is 178 Å². The van der Waals surface area contributed by atoms with Crippen LogP contribution in [0.25, 0.3) is 5.69 Å². The van der Waals surface area contributed by atoms with Crippen molar-refractivity contribution >= 4 is 29.0 Å². The zero-order valence-corrected chi connectivity index (χ0v) is 17.4. The summed E-state index contributed by atoms with van der Waals surface area (Å²) >= 11 is 1.24. The first kappa shape index (κ1) is 20.2. The molecule has 2 aromatic carbocycles. The second-order valence-electron chi connectivity index (χ2n) is 6.85. The second kappa shape index (κ2) is 9.17. The summed E-state index contributed by atoms with van der Waals surface area (Å²) in [5, 5.41) is 11.4. The van der Waals surface area contributed by atoms with Crippen LogP contribution in [0.3, 0.4) is 0 Å². The first-order valence-corrected chi connectivity index (χ1v) is 10.6. The molecule has 1 saturated heterocycles. The van der Waals surface area contributed by atoms with Crippen LogP contribution in [0.15, 0.2) is 53.9 Å². The number of para-hydroxylation sites is 1. The first-order valence-electron chi connectivity index (χ1n) is 9.66. The van der Waals surface area contributed by atoms with Crippen molar-refractivity contribution in [3.63, 3.8) is 0 Å². The highest BCUT2D eigenvalue weighted by atomic mass is 32.2. The van der Waals surface area contributed by atoms with Crippen molar-refractivity contribution in [2.45, 2.75) is 18.0 Å². The average molecular weight is 428 g/mol. The summed E-state index contributed by atoms with van der Waals surface area (Å²) < 4.78 is 21.4. The summed E-state index contributed by atoms with van der Waals surface area (Å²) in [5.41, 5.74) is 1.82. The summed E-state index contributed by atoms with van der Waals surface area (Å²) in [4.78, 5) is 14.7. The molecule has 0 saturated carbocycles. The minimum Gasteiger partial charge on any atom is -0.497 e. The average Bonchev–Trinajstić information content (AvgIpc) is 3.46. The number of amides is 1. The largest absolute Gasteiger partial charge is 0.497 e. The zero-order valence-electron chi connectivity index (χ0n) is 16.5. The molecule has 0 spiro atoms. The molecule has 0 unspecified atom stereocenters. The van der Waals surface area contributed by atoms with Gasteiger partial charge in [-0.25, -0.2) is 4.39 Å². The minimum atomic E-state index is -0.431. The molecule has 1 aliphatic heterocycles. The van der Waals surface area contributed by atoms with Gasteiger partial charge in [0.1, 0.15) is 23.6 Å². The quantitative estimate of drug-likeness (QED) is 0.579. The number of aromatic nitrogens is 3. The fourth-order valence-electron chi connectivity index (χ4n) is 3.41. The number of methoxy groups -OCH3 is 1. The van der Waals surface area contributed by atoms with E-state index in [2.05, 4.69) is 20.4 Å². The van der Waals surface area contributed by atoms with E-state index in [0.29, 0.717) is 5.16 Å². The predicted molar refractivity (Wildman–Crippen MR) is 115 cm³/mol. The Morgan fingerprint density at radius 1 is 1.20 bits per heavy atom. The van der Waals surface area contributed by atoms with Crippen molar-refractivity contribution in [2.24, 2.45) is 0 Å². The number of rotatable bonds is 7. The first-order chi connectivity index (χ1) is 14.7. The van der Waals surface area contributed by atoms with Crippen LogP contribution in [0.1, 0.15) is 12.8 Å². The van der Waals surface area contributed by atoms with Crippen molar-refractivity contribution in [3.8, 4) is 11.4 Å². The third-order valence-electron chi connectivity index (χ3n) is 4.90. The van der Waals surface area contributed by atoms with E-state index in [1.54, 1.807) is 24.1 Å². The van der Waals surface area contributed by atoms with Gasteiger partial charge in [0.25, 0.3) is 0 Å². The molecule has 4 rings (SSSR count). The second-order valence-corrected chi connectivity index (χ2v) is 7.79. The molecular formula is C21H22FN5O2S. The monoisotopic (exact) mass is 427 g/mol. The van der Waals surface area contributed by atoms with E-state index in [4.69, 9.17) is 4.74 Å². The number of hydrogen-bond donors (Lipinski definition) is 1. The molecule has 1 aromatic heterocycles. The van der Waals surface area contributed by atoms with E-state index >= 15 is 0 Å². The van der Waals surface area contributed by atoms with E-state index in [1.165, 1.54) is 17.8 Å². The zero-order chi connectivity index (χ0) is 20.9. The highest BCUT2D eigenvalue weighted by molar-refractivity contribution is 7.99. The molecule has 1 aliphatic rings. The standard InChI is InChI=1S/C21H22FN5O2S/c1-29-16-9-7-15(8-10-16)27-14-23-25-21(27)30-13-19(28)24-20-17(22)5-4-6-18(20)26-11-2-3-12-26/h4-10,14H,2-3,11-13H2,1H3,(H,24,28). The fraction of sp³-hybridized carbons (Fsp3) is 0.286. The maximum Gasteiger partial charge on any atom is 0.234 e. The minimum absolute atomic E-state index is 0.0859. The van der Waals surface area contributed by atoms with Gasteiger partial charge < -0.3 is 15.0 Å². The number of nitrogens with one attached hydrogen (secondary N) is 1. The van der Waals surface area contributed by atoms with Crippen LogP contribution in [0, 0.1) is 5.82 Å². The molecule has 156 valence electrons. The van der Waals surface area contributed by atoms with Gasteiger partial charge in [-0.15, -0.1) is 10.2 Å². The third-order valence-corrected chi connectivity index (χ3v) is 5.85. The van der Waals surface area contributed by atoms with Gasteiger partial charge in [-0.1, -0.05) is 17.8 Å². The van der Waals surface area contributed by atoms with Crippen molar-refractivity contribution in [1.29, 1.82) is 0 Å². The number of carbonyl (C=O) groups is 1. The smallest absolute Gasteiger partial charge is 0.234 e. The van der Waals surface area contributed by atoms with Crippen molar-refractivity contribution in [1.82, 2.24) is 14.8 Å². The Hall–Kier alpha value is -3.07. The predicted octanol–water partition coefficient (Wildman–Crippen LogP) is 3.75. The normalized spacial score (nSPS) is 13.5. The van der Waals surface area contributed by atoms with E-state index in [9.17, 15) is 9.18 Å². The molecule has 30 heavy (non-hydrogen) atoms. The molecule has 1 amide bonds. The highest BCUT2D eigenvalue weighted by Crippen LogP contribution is 2.31. The maximum atomic E-state index is 14.4. The molecule has 2 heterocycles. The Morgan fingerprint density at radius 2 is 1.97 bits per heavy atom. The van der Waals surface area contributed by atoms with Gasteiger partial charge in [0.15, 0.2) is 5.16 Å². The van der Waals surface area contributed by atoms with Gasteiger partial charge in [-0.3, -0.25) is 9.36 Å². The van der Waals surface area contributed by atoms with E-state index in [1.807, 2.05) is 30.3 Å². The molecule has 9 heteroatoms. The molecule has 3 aromatic rings. The van der Waals surface area contributed by atoms with Crippen LogP contribution in [0.4, 0.5) is 15.8 Å². The number of anilines is 2. The number of thioether (sulfide) groups is 1. The van der Waals surface area contributed by atoms with Crippen molar-refractivity contribution < 1.29 is 13.9 Å². The van der Waals surface area contributed by atoms with Crippen molar-refractivity contribution in [2.75, 3.05) is 36.2 Å². The number of halogens is 1. The molecule has 0 bridgehead atoms. The lowest BCUT2D eigenvalue weighted by molar-refractivity contribution is -0.113. The van der Waals surface area contributed by atoms with Gasteiger partial charge >= 0.3 is 0 Å². The Morgan fingerprint density at radius 3 is 2.70 bits per heavy atom. The number of nitrogens with zero attached hydrogens (tertiary/aromatic N) is 4. The number of hydrogen-bond acceptors (Lipinski definition) is 6. The molecule has 1 fully saturated rings. The van der Waals surface area contributed by atoms with Gasteiger partial charge in [0, 0.05) is 18.8 Å². The molecular weight excluding hydrogens is 405 g/mol. The van der Waals surface area contributed by atoms with Crippen LogP contribution < -0.4 is 15.0 Å². The Balaban J connectivity index is 1.44. The lowest BCUT2D eigenvalue weighted by Gasteiger charge is -2.22. The summed E-state index contributed by atoms with van der Waals surface area (Å²) in [6.07, 6.45) is 3.73. The summed E-state index contributed by atoms with van der Waals surface area (Å²) in [6, 6.07) is 12.3. The lowest BCUT2D eigenvalue weighted by atomic mass is 10.2. The Kier molecular flexibility index (Phi) is 6.18. The van der Waals surface area contributed by atoms with Crippen LogP contribution >= 0.6 is 11.8 Å².